The fourth-order valence-corrected chi connectivity index (χ4v) is 2.53. The molecule has 25 heavy (non-hydrogen) atoms. The second-order valence-corrected chi connectivity index (χ2v) is 5.65. The van der Waals surface area contributed by atoms with Crippen LogP contribution in [0.1, 0.15) is 28.8 Å². The van der Waals surface area contributed by atoms with Crippen molar-refractivity contribution in [1.82, 2.24) is 4.90 Å². The number of carbonyl (C=O) groups is 3. The van der Waals surface area contributed by atoms with Gasteiger partial charge in [0, 0.05) is 24.5 Å². The molecule has 2 aromatic rings. The Bertz CT molecular complexity index is 834. The molecule has 0 radical (unpaired) electrons. The molecule has 0 aromatic heterocycles. The van der Waals surface area contributed by atoms with Gasteiger partial charge >= 0.3 is 0 Å². The van der Waals surface area contributed by atoms with Crippen LogP contribution < -0.4 is 5.32 Å². The fraction of sp³-hybridized carbons (Fsp3) is 0.167. The average Bonchev–Trinajstić information content (AvgIpc) is 2.90. The Morgan fingerprint density at radius 2 is 1.64 bits per heavy atom. The van der Waals surface area contributed by atoms with E-state index in [-0.39, 0.29) is 42.5 Å². The Morgan fingerprint density at radius 1 is 1.00 bits per heavy atom. The lowest BCUT2D eigenvalue weighted by Gasteiger charge is -2.14. The van der Waals surface area contributed by atoms with Crippen molar-refractivity contribution in [3.63, 3.8) is 0 Å². The van der Waals surface area contributed by atoms with Crippen LogP contribution in [0.2, 0.25) is 0 Å². The highest BCUT2D eigenvalue weighted by Crippen LogP contribution is 2.18. The van der Waals surface area contributed by atoms with E-state index in [2.05, 4.69) is 5.32 Å². The van der Waals surface area contributed by atoms with E-state index in [1.807, 2.05) is 0 Å². The zero-order valence-electron chi connectivity index (χ0n) is 13.1. The smallest absolute Gasteiger partial charge is 0.255 e. The molecule has 1 aliphatic heterocycles. The van der Waals surface area contributed by atoms with Gasteiger partial charge in [0.2, 0.25) is 11.8 Å². The number of nitrogens with one attached hydrogen (secondary N) is 1. The summed E-state index contributed by atoms with van der Waals surface area (Å²) in [5.41, 5.74) is 0.850. The van der Waals surface area contributed by atoms with Gasteiger partial charge in [0.05, 0.1) is 12.2 Å². The van der Waals surface area contributed by atoms with Crippen LogP contribution in [0.4, 0.5) is 14.5 Å². The van der Waals surface area contributed by atoms with Gasteiger partial charge in [-0.2, -0.15) is 0 Å². The molecule has 0 bridgehead atoms. The zero-order chi connectivity index (χ0) is 18.0. The number of amides is 3. The molecule has 3 rings (SSSR count). The minimum absolute atomic E-state index is 0.122. The number of imide groups is 1. The van der Waals surface area contributed by atoms with Crippen LogP contribution in [-0.4, -0.2) is 22.6 Å². The normalized spacial score (nSPS) is 14.1. The Balaban J connectivity index is 1.68. The molecule has 1 heterocycles. The third-order valence-electron chi connectivity index (χ3n) is 3.89. The summed E-state index contributed by atoms with van der Waals surface area (Å²) in [6, 6.07) is 9.13. The van der Waals surface area contributed by atoms with Crippen molar-refractivity contribution < 1.29 is 23.2 Å². The van der Waals surface area contributed by atoms with Gasteiger partial charge in [-0.3, -0.25) is 19.3 Å². The van der Waals surface area contributed by atoms with Gasteiger partial charge in [-0.05, 0) is 29.8 Å². The first-order valence-electron chi connectivity index (χ1n) is 7.62. The van der Waals surface area contributed by atoms with Crippen LogP contribution in [0.15, 0.2) is 42.5 Å². The number of benzene rings is 2. The quantitative estimate of drug-likeness (QED) is 0.868. The van der Waals surface area contributed by atoms with Gasteiger partial charge in [-0.1, -0.05) is 12.1 Å². The minimum atomic E-state index is -0.865. The van der Waals surface area contributed by atoms with Crippen LogP contribution in [0, 0.1) is 11.6 Å². The molecule has 0 saturated carbocycles. The van der Waals surface area contributed by atoms with Gasteiger partial charge in [-0.25, -0.2) is 8.78 Å². The maximum absolute atomic E-state index is 13.6. The summed E-state index contributed by atoms with van der Waals surface area (Å²) >= 11 is 0. The second-order valence-electron chi connectivity index (χ2n) is 5.65. The highest BCUT2D eigenvalue weighted by Gasteiger charge is 2.28. The SMILES string of the molecule is O=C(Nc1ccc(F)cc1F)c1ccc(CN2C(=O)CCC2=O)cc1. The van der Waals surface area contributed by atoms with Gasteiger partial charge in [0.15, 0.2) is 0 Å². The number of rotatable bonds is 4. The Hall–Kier alpha value is -3.09. The standard InChI is InChI=1S/C18H14F2N2O3/c19-13-5-6-15(14(20)9-13)21-18(25)12-3-1-11(2-4-12)10-22-16(23)7-8-17(22)24/h1-6,9H,7-8,10H2,(H,21,25). The molecule has 1 aliphatic rings. The van der Waals surface area contributed by atoms with E-state index in [1.54, 1.807) is 12.1 Å². The first kappa shape index (κ1) is 16.8. The molecule has 0 spiro atoms. The molecule has 2 aromatic carbocycles. The Labute approximate surface area is 142 Å². The van der Waals surface area contributed by atoms with Crippen LogP contribution in [0.3, 0.4) is 0 Å². The monoisotopic (exact) mass is 344 g/mol. The van der Waals surface area contributed by atoms with E-state index >= 15 is 0 Å². The van der Waals surface area contributed by atoms with Crippen LogP contribution in [0.25, 0.3) is 0 Å². The highest BCUT2D eigenvalue weighted by molar-refractivity contribution is 6.04. The van der Waals surface area contributed by atoms with E-state index in [0.717, 1.165) is 12.1 Å². The summed E-state index contributed by atoms with van der Waals surface area (Å²) in [5, 5.41) is 2.36. The summed E-state index contributed by atoms with van der Waals surface area (Å²) in [5.74, 6) is -2.57. The predicted molar refractivity (Wildman–Crippen MR) is 85.5 cm³/mol. The summed E-state index contributed by atoms with van der Waals surface area (Å²) in [7, 11) is 0. The number of halogens is 2. The summed E-state index contributed by atoms with van der Waals surface area (Å²) in [6.07, 6.45) is 0.450. The lowest BCUT2D eigenvalue weighted by Crippen LogP contribution is -2.28. The van der Waals surface area contributed by atoms with E-state index in [9.17, 15) is 23.2 Å². The number of likely N-dealkylation sites (tertiary alicyclic amines) is 1. The lowest BCUT2D eigenvalue weighted by molar-refractivity contribution is -0.139. The molecule has 0 atom stereocenters. The van der Waals surface area contributed by atoms with Gasteiger partial charge in [0.1, 0.15) is 11.6 Å². The third-order valence-corrected chi connectivity index (χ3v) is 3.89. The first-order valence-corrected chi connectivity index (χ1v) is 7.62. The van der Waals surface area contributed by atoms with E-state index < -0.39 is 17.5 Å². The number of hydrogen-bond acceptors (Lipinski definition) is 3. The first-order chi connectivity index (χ1) is 11.9. The van der Waals surface area contributed by atoms with Crippen molar-refractivity contribution in [1.29, 1.82) is 0 Å². The maximum atomic E-state index is 13.6. The Kier molecular flexibility index (Phi) is 4.56. The second kappa shape index (κ2) is 6.80. The fourth-order valence-electron chi connectivity index (χ4n) is 2.53. The molecular formula is C18H14F2N2O3. The molecule has 128 valence electrons. The van der Waals surface area contributed by atoms with Gasteiger partial charge < -0.3 is 5.32 Å². The average molecular weight is 344 g/mol. The molecule has 3 amide bonds. The van der Waals surface area contributed by atoms with Gasteiger partial charge in [-0.15, -0.1) is 0 Å². The van der Waals surface area contributed by atoms with Crippen LogP contribution >= 0.6 is 0 Å². The topological polar surface area (TPSA) is 66.5 Å². The molecular weight excluding hydrogens is 330 g/mol. The predicted octanol–water partition coefficient (Wildman–Crippen LogP) is 2.87. The molecule has 0 aliphatic carbocycles. The minimum Gasteiger partial charge on any atom is -0.319 e. The van der Waals surface area contributed by atoms with Crippen molar-refractivity contribution in [2.24, 2.45) is 0 Å². The summed E-state index contributed by atoms with van der Waals surface area (Å²) in [6.45, 7) is 0.159. The number of carbonyl (C=O) groups excluding carboxylic acids is 3. The zero-order valence-corrected chi connectivity index (χ0v) is 13.1. The van der Waals surface area contributed by atoms with Crippen LogP contribution in [-0.2, 0) is 16.1 Å². The molecule has 1 fully saturated rings. The number of nitrogens with zero attached hydrogens (tertiary/aromatic N) is 1. The van der Waals surface area contributed by atoms with Crippen LogP contribution in [0.5, 0.6) is 0 Å². The third kappa shape index (κ3) is 3.71. The highest BCUT2D eigenvalue weighted by atomic mass is 19.1. The molecule has 5 nitrogen and oxygen atoms in total. The van der Waals surface area contributed by atoms with Crippen molar-refractivity contribution in [3.05, 3.63) is 65.2 Å². The van der Waals surface area contributed by atoms with E-state index in [1.165, 1.54) is 17.0 Å². The maximum Gasteiger partial charge on any atom is 0.255 e. The van der Waals surface area contributed by atoms with Crippen molar-refractivity contribution in [2.75, 3.05) is 5.32 Å². The summed E-state index contributed by atoms with van der Waals surface area (Å²) < 4.78 is 26.4. The lowest BCUT2D eigenvalue weighted by atomic mass is 10.1. The number of hydrogen-bond donors (Lipinski definition) is 1. The van der Waals surface area contributed by atoms with Crippen molar-refractivity contribution in [3.8, 4) is 0 Å². The molecule has 0 unspecified atom stereocenters. The van der Waals surface area contributed by atoms with E-state index in [0.29, 0.717) is 11.6 Å². The van der Waals surface area contributed by atoms with Gasteiger partial charge in [0.25, 0.3) is 5.91 Å². The van der Waals surface area contributed by atoms with Crippen molar-refractivity contribution >= 4 is 23.4 Å². The van der Waals surface area contributed by atoms with Crippen molar-refractivity contribution in [2.45, 2.75) is 19.4 Å². The largest absolute Gasteiger partial charge is 0.319 e. The Morgan fingerprint density at radius 3 is 2.24 bits per heavy atom. The summed E-state index contributed by atoms with van der Waals surface area (Å²) in [4.78, 5) is 36.5. The molecule has 1 saturated heterocycles. The molecule has 1 N–H and O–H groups in total. The number of anilines is 1. The molecule has 7 heteroatoms. The van der Waals surface area contributed by atoms with E-state index in [4.69, 9.17) is 0 Å².